The molecule has 0 aliphatic rings. The second-order valence-corrected chi connectivity index (χ2v) is 3.90. The summed E-state index contributed by atoms with van der Waals surface area (Å²) in [6.45, 7) is 0.653. The molecule has 17 heavy (non-hydrogen) atoms. The summed E-state index contributed by atoms with van der Waals surface area (Å²) in [4.78, 5) is 11.5. The molecule has 1 rings (SSSR count). The van der Waals surface area contributed by atoms with Crippen molar-refractivity contribution in [1.29, 1.82) is 0 Å². The van der Waals surface area contributed by atoms with Crippen molar-refractivity contribution in [2.24, 2.45) is 0 Å². The predicted octanol–water partition coefficient (Wildman–Crippen LogP) is 1.98. The lowest BCUT2D eigenvalue weighted by atomic mass is 10.2. The van der Waals surface area contributed by atoms with Gasteiger partial charge in [0.05, 0.1) is 12.2 Å². The van der Waals surface area contributed by atoms with Gasteiger partial charge in [-0.1, -0.05) is 6.42 Å². The van der Waals surface area contributed by atoms with Crippen molar-refractivity contribution in [3.63, 3.8) is 0 Å². The van der Waals surface area contributed by atoms with Crippen LogP contribution in [0.5, 0.6) is 0 Å². The van der Waals surface area contributed by atoms with Gasteiger partial charge in [0.25, 0.3) is 0 Å². The molecule has 94 valence electrons. The molecule has 0 saturated carbocycles. The number of rotatable bonds is 7. The van der Waals surface area contributed by atoms with Gasteiger partial charge in [0, 0.05) is 12.3 Å². The van der Waals surface area contributed by atoms with E-state index in [0.717, 1.165) is 25.7 Å². The smallest absolute Gasteiger partial charge is 0.338 e. The number of anilines is 1. The molecular weight excluding hydrogens is 218 g/mol. The quantitative estimate of drug-likeness (QED) is 0.432. The van der Waals surface area contributed by atoms with E-state index in [4.69, 9.17) is 15.6 Å². The fourth-order valence-corrected chi connectivity index (χ4v) is 1.43. The molecule has 3 N–H and O–H groups in total. The zero-order valence-corrected chi connectivity index (χ0v) is 9.89. The number of nitrogens with two attached hydrogens (primary N) is 1. The molecule has 0 aliphatic carbocycles. The molecule has 4 nitrogen and oxygen atoms in total. The number of aliphatic hydroxyl groups is 1. The number of hydrogen-bond acceptors (Lipinski definition) is 4. The molecule has 0 amide bonds. The van der Waals surface area contributed by atoms with Crippen LogP contribution in [-0.4, -0.2) is 24.3 Å². The molecule has 0 atom stereocenters. The Bertz CT molecular complexity index is 335. The van der Waals surface area contributed by atoms with E-state index in [-0.39, 0.29) is 12.6 Å². The van der Waals surface area contributed by atoms with Gasteiger partial charge in [-0.05, 0) is 43.5 Å². The Morgan fingerprint density at radius 1 is 1.12 bits per heavy atom. The first-order chi connectivity index (χ1) is 8.24. The molecule has 0 radical (unpaired) electrons. The first-order valence-electron chi connectivity index (χ1n) is 5.87. The molecule has 0 aromatic heterocycles. The lowest BCUT2D eigenvalue weighted by molar-refractivity contribution is 0.0497. The van der Waals surface area contributed by atoms with Gasteiger partial charge in [-0.2, -0.15) is 0 Å². The van der Waals surface area contributed by atoms with E-state index >= 15 is 0 Å². The van der Waals surface area contributed by atoms with Crippen LogP contribution in [0.1, 0.15) is 36.0 Å². The van der Waals surface area contributed by atoms with Gasteiger partial charge < -0.3 is 15.6 Å². The number of esters is 1. The number of nitrogen functional groups attached to an aromatic ring is 1. The highest BCUT2D eigenvalue weighted by Gasteiger charge is 2.05. The molecule has 0 bridgehead atoms. The summed E-state index contributed by atoms with van der Waals surface area (Å²) < 4.78 is 5.11. The van der Waals surface area contributed by atoms with Gasteiger partial charge in [-0.25, -0.2) is 4.79 Å². The normalized spacial score (nSPS) is 10.2. The first-order valence-corrected chi connectivity index (χ1v) is 5.87. The second-order valence-electron chi connectivity index (χ2n) is 3.90. The molecule has 1 aromatic carbocycles. The summed E-state index contributed by atoms with van der Waals surface area (Å²) in [6, 6.07) is 6.67. The van der Waals surface area contributed by atoms with Crippen LogP contribution < -0.4 is 5.73 Å². The van der Waals surface area contributed by atoms with Crippen molar-refractivity contribution in [1.82, 2.24) is 0 Å². The Labute approximate surface area is 101 Å². The minimum Gasteiger partial charge on any atom is -0.462 e. The summed E-state index contributed by atoms with van der Waals surface area (Å²) in [5, 5.41) is 8.59. The third-order valence-corrected chi connectivity index (χ3v) is 2.43. The van der Waals surface area contributed by atoms with Gasteiger partial charge >= 0.3 is 5.97 Å². The molecule has 0 unspecified atom stereocenters. The van der Waals surface area contributed by atoms with Crippen LogP contribution in [0.15, 0.2) is 24.3 Å². The number of carbonyl (C=O) groups is 1. The molecule has 0 spiro atoms. The van der Waals surface area contributed by atoms with E-state index < -0.39 is 0 Å². The highest BCUT2D eigenvalue weighted by Crippen LogP contribution is 2.07. The number of benzene rings is 1. The van der Waals surface area contributed by atoms with E-state index in [1.165, 1.54) is 0 Å². The SMILES string of the molecule is Nc1ccc(C(=O)OCCCCCCO)cc1. The highest BCUT2D eigenvalue weighted by molar-refractivity contribution is 5.89. The highest BCUT2D eigenvalue weighted by atomic mass is 16.5. The van der Waals surface area contributed by atoms with Crippen molar-refractivity contribution in [3.8, 4) is 0 Å². The van der Waals surface area contributed by atoms with Crippen LogP contribution in [0.3, 0.4) is 0 Å². The molecule has 0 fully saturated rings. The molecule has 0 heterocycles. The molecule has 0 saturated heterocycles. The number of carbonyl (C=O) groups excluding carboxylic acids is 1. The van der Waals surface area contributed by atoms with Crippen molar-refractivity contribution in [3.05, 3.63) is 29.8 Å². The Morgan fingerprint density at radius 2 is 1.76 bits per heavy atom. The Balaban J connectivity index is 2.19. The minimum absolute atomic E-state index is 0.227. The van der Waals surface area contributed by atoms with E-state index in [1.807, 2.05) is 0 Å². The van der Waals surface area contributed by atoms with Crippen molar-refractivity contribution in [2.75, 3.05) is 18.9 Å². The van der Waals surface area contributed by atoms with Crippen LogP contribution in [0.4, 0.5) is 5.69 Å². The lowest BCUT2D eigenvalue weighted by Crippen LogP contribution is -2.06. The van der Waals surface area contributed by atoms with E-state index in [9.17, 15) is 4.79 Å². The van der Waals surface area contributed by atoms with Crippen LogP contribution in [0.25, 0.3) is 0 Å². The van der Waals surface area contributed by atoms with Gasteiger partial charge in [-0.15, -0.1) is 0 Å². The fourth-order valence-electron chi connectivity index (χ4n) is 1.43. The third kappa shape index (κ3) is 5.36. The number of ether oxygens (including phenoxy) is 1. The maximum Gasteiger partial charge on any atom is 0.338 e. The third-order valence-electron chi connectivity index (χ3n) is 2.43. The zero-order chi connectivity index (χ0) is 12.5. The Kier molecular flexibility index (Phi) is 6.10. The van der Waals surface area contributed by atoms with Gasteiger partial charge in [-0.3, -0.25) is 0 Å². The number of unbranched alkanes of at least 4 members (excludes halogenated alkanes) is 3. The maximum atomic E-state index is 11.5. The standard InChI is InChI=1S/C13H19NO3/c14-12-7-5-11(6-8-12)13(16)17-10-4-2-1-3-9-15/h5-8,15H,1-4,9-10,14H2. The Morgan fingerprint density at radius 3 is 2.41 bits per heavy atom. The Hall–Kier alpha value is -1.55. The molecule has 0 aliphatic heterocycles. The van der Waals surface area contributed by atoms with Crippen LogP contribution >= 0.6 is 0 Å². The zero-order valence-electron chi connectivity index (χ0n) is 9.89. The molecular formula is C13H19NO3. The predicted molar refractivity (Wildman–Crippen MR) is 66.7 cm³/mol. The van der Waals surface area contributed by atoms with Crippen LogP contribution in [-0.2, 0) is 4.74 Å². The van der Waals surface area contributed by atoms with Gasteiger partial charge in [0.15, 0.2) is 0 Å². The summed E-state index contributed by atoms with van der Waals surface area (Å²) in [5.41, 5.74) is 6.68. The fraction of sp³-hybridized carbons (Fsp3) is 0.462. The molecule has 1 aromatic rings. The van der Waals surface area contributed by atoms with Crippen molar-refractivity contribution >= 4 is 11.7 Å². The van der Waals surface area contributed by atoms with Gasteiger partial charge in [0.2, 0.25) is 0 Å². The number of aliphatic hydroxyl groups excluding tert-OH is 1. The van der Waals surface area contributed by atoms with Crippen LogP contribution in [0.2, 0.25) is 0 Å². The van der Waals surface area contributed by atoms with Crippen molar-refractivity contribution in [2.45, 2.75) is 25.7 Å². The summed E-state index contributed by atoms with van der Waals surface area (Å²) in [5.74, 6) is -0.313. The minimum atomic E-state index is -0.313. The van der Waals surface area contributed by atoms with Crippen LogP contribution in [0, 0.1) is 0 Å². The number of hydrogen-bond donors (Lipinski definition) is 2. The summed E-state index contributed by atoms with van der Waals surface area (Å²) in [6.07, 6.45) is 3.58. The van der Waals surface area contributed by atoms with Gasteiger partial charge in [0.1, 0.15) is 0 Å². The average Bonchev–Trinajstić information content (AvgIpc) is 2.34. The summed E-state index contributed by atoms with van der Waals surface area (Å²) >= 11 is 0. The second kappa shape index (κ2) is 7.68. The maximum absolute atomic E-state index is 11.5. The van der Waals surface area contributed by atoms with Crippen molar-refractivity contribution < 1.29 is 14.6 Å². The monoisotopic (exact) mass is 237 g/mol. The van der Waals surface area contributed by atoms with E-state index in [1.54, 1.807) is 24.3 Å². The first kappa shape index (κ1) is 13.5. The molecule has 4 heteroatoms. The topological polar surface area (TPSA) is 72.6 Å². The van der Waals surface area contributed by atoms with E-state index in [0.29, 0.717) is 17.9 Å². The van der Waals surface area contributed by atoms with E-state index in [2.05, 4.69) is 0 Å². The summed E-state index contributed by atoms with van der Waals surface area (Å²) in [7, 11) is 0. The lowest BCUT2D eigenvalue weighted by Gasteiger charge is -2.04. The largest absolute Gasteiger partial charge is 0.462 e. The average molecular weight is 237 g/mol.